The van der Waals surface area contributed by atoms with Crippen LogP contribution in [0.1, 0.15) is 107 Å². The molecule has 1 atom stereocenters. The van der Waals surface area contributed by atoms with Crippen molar-refractivity contribution >= 4 is 0 Å². The van der Waals surface area contributed by atoms with Crippen molar-refractivity contribution in [2.45, 2.75) is 85.0 Å². The van der Waals surface area contributed by atoms with E-state index in [-0.39, 0.29) is 5.41 Å². The third-order valence-corrected chi connectivity index (χ3v) is 8.34. The van der Waals surface area contributed by atoms with E-state index in [2.05, 4.69) is 121 Å². The zero-order valence-corrected chi connectivity index (χ0v) is 23.2. The molecule has 1 aliphatic carbocycles. The highest BCUT2D eigenvalue weighted by Gasteiger charge is 2.39. The first kappa shape index (κ1) is 24.6. The van der Waals surface area contributed by atoms with Crippen molar-refractivity contribution in [1.29, 1.82) is 0 Å². The van der Waals surface area contributed by atoms with Crippen LogP contribution in [-0.2, 0) is 5.41 Å². The SMILES string of the molecule is CCC(C)c1ccc2c(c1-c1nccn1-c1c(C(C)C)cccc1C(C)C)C(C)(C)c1ccccc1-2. The maximum Gasteiger partial charge on any atom is 0.145 e. The fraction of sp³-hybridized carbons (Fsp3) is 0.382. The molecule has 3 aromatic carbocycles. The van der Waals surface area contributed by atoms with Gasteiger partial charge in [0.1, 0.15) is 5.82 Å². The van der Waals surface area contributed by atoms with Crippen molar-refractivity contribution in [3.05, 3.63) is 94.8 Å². The Hall–Kier alpha value is -3.13. The molecule has 4 aromatic rings. The highest BCUT2D eigenvalue weighted by atomic mass is 15.1. The molecule has 1 unspecified atom stereocenters. The molecule has 0 saturated heterocycles. The summed E-state index contributed by atoms with van der Waals surface area (Å²) in [5.41, 5.74) is 12.2. The first-order valence-electron chi connectivity index (χ1n) is 13.6. The van der Waals surface area contributed by atoms with Crippen molar-refractivity contribution < 1.29 is 0 Å². The Morgan fingerprint density at radius 3 is 2.08 bits per heavy atom. The fourth-order valence-electron chi connectivity index (χ4n) is 6.22. The minimum atomic E-state index is -0.0973. The number of aromatic nitrogens is 2. The molecule has 0 N–H and O–H groups in total. The van der Waals surface area contributed by atoms with Gasteiger partial charge >= 0.3 is 0 Å². The molecule has 2 heteroatoms. The van der Waals surface area contributed by atoms with E-state index in [1.807, 2.05) is 6.20 Å². The standard InChI is InChI=1S/C34H40N2/c1-9-23(6)26-17-18-28-27-13-10-11-16-29(27)34(7,8)31(28)30(26)33-35-19-20-36(33)32-24(21(2)3)14-12-15-25(32)22(4)5/h10-23H,9H2,1-8H3. The smallest absolute Gasteiger partial charge is 0.145 e. The highest BCUT2D eigenvalue weighted by molar-refractivity contribution is 5.88. The lowest BCUT2D eigenvalue weighted by atomic mass is 9.77. The molecule has 1 heterocycles. The van der Waals surface area contributed by atoms with E-state index in [4.69, 9.17) is 4.98 Å². The van der Waals surface area contributed by atoms with Crippen molar-refractivity contribution in [3.8, 4) is 28.2 Å². The van der Waals surface area contributed by atoms with Crippen LogP contribution in [0.15, 0.2) is 67.0 Å². The fourth-order valence-corrected chi connectivity index (χ4v) is 6.22. The van der Waals surface area contributed by atoms with Gasteiger partial charge in [0.2, 0.25) is 0 Å². The van der Waals surface area contributed by atoms with Gasteiger partial charge in [-0.2, -0.15) is 0 Å². The van der Waals surface area contributed by atoms with Crippen LogP contribution >= 0.6 is 0 Å². The number of nitrogens with zero attached hydrogens (tertiary/aromatic N) is 2. The van der Waals surface area contributed by atoms with Crippen LogP contribution < -0.4 is 0 Å². The van der Waals surface area contributed by atoms with Gasteiger partial charge in [-0.25, -0.2) is 4.98 Å². The first-order chi connectivity index (χ1) is 17.2. The lowest BCUT2D eigenvalue weighted by Crippen LogP contribution is -2.18. The van der Waals surface area contributed by atoms with Gasteiger partial charge in [0, 0.05) is 23.4 Å². The lowest BCUT2D eigenvalue weighted by molar-refractivity contribution is 0.655. The molecular formula is C34H40N2. The number of fused-ring (bicyclic) bond motifs is 3. The van der Waals surface area contributed by atoms with Gasteiger partial charge in [0.25, 0.3) is 0 Å². The number of hydrogen-bond acceptors (Lipinski definition) is 1. The number of rotatable bonds is 6. The van der Waals surface area contributed by atoms with Gasteiger partial charge < -0.3 is 0 Å². The Morgan fingerprint density at radius 2 is 1.44 bits per heavy atom. The van der Waals surface area contributed by atoms with Crippen molar-refractivity contribution in [3.63, 3.8) is 0 Å². The maximum atomic E-state index is 5.11. The quantitative estimate of drug-likeness (QED) is 0.271. The van der Waals surface area contributed by atoms with Gasteiger partial charge in [-0.1, -0.05) is 110 Å². The number of para-hydroxylation sites is 1. The Labute approximate surface area is 217 Å². The number of imidazole rings is 1. The zero-order chi connectivity index (χ0) is 25.8. The van der Waals surface area contributed by atoms with E-state index in [0.29, 0.717) is 17.8 Å². The minimum absolute atomic E-state index is 0.0973. The second kappa shape index (κ2) is 9.07. The monoisotopic (exact) mass is 476 g/mol. The van der Waals surface area contributed by atoms with Gasteiger partial charge in [0.05, 0.1) is 5.69 Å². The second-order valence-corrected chi connectivity index (χ2v) is 11.6. The summed E-state index contributed by atoms with van der Waals surface area (Å²) in [6.07, 6.45) is 5.27. The molecule has 0 radical (unpaired) electrons. The maximum absolute atomic E-state index is 5.11. The molecule has 0 fully saturated rings. The Bertz CT molecular complexity index is 1390. The summed E-state index contributed by atoms with van der Waals surface area (Å²) in [6.45, 7) is 18.6. The largest absolute Gasteiger partial charge is 0.299 e. The summed E-state index contributed by atoms with van der Waals surface area (Å²) in [5.74, 6) is 2.35. The third-order valence-electron chi connectivity index (χ3n) is 8.34. The van der Waals surface area contributed by atoms with Crippen molar-refractivity contribution in [2.75, 3.05) is 0 Å². The molecule has 1 aliphatic rings. The van der Waals surface area contributed by atoms with E-state index in [9.17, 15) is 0 Å². The van der Waals surface area contributed by atoms with E-state index < -0.39 is 0 Å². The molecule has 36 heavy (non-hydrogen) atoms. The molecule has 1 aromatic heterocycles. The zero-order valence-electron chi connectivity index (χ0n) is 23.2. The van der Waals surface area contributed by atoms with Crippen LogP contribution in [0.4, 0.5) is 0 Å². The van der Waals surface area contributed by atoms with Crippen LogP contribution in [0.25, 0.3) is 28.2 Å². The van der Waals surface area contributed by atoms with Crippen LogP contribution in [-0.4, -0.2) is 9.55 Å². The van der Waals surface area contributed by atoms with Gasteiger partial charge in [-0.05, 0) is 63.1 Å². The van der Waals surface area contributed by atoms with Crippen LogP contribution in [0.2, 0.25) is 0 Å². The summed E-state index contributed by atoms with van der Waals surface area (Å²) in [4.78, 5) is 5.11. The molecule has 0 saturated carbocycles. The molecule has 0 amide bonds. The topological polar surface area (TPSA) is 17.8 Å². The normalized spacial score (nSPS) is 14.8. The summed E-state index contributed by atoms with van der Waals surface area (Å²) in [7, 11) is 0. The van der Waals surface area contributed by atoms with E-state index >= 15 is 0 Å². The molecule has 0 aliphatic heterocycles. The average Bonchev–Trinajstić information content (AvgIpc) is 3.44. The van der Waals surface area contributed by atoms with Gasteiger partial charge in [-0.15, -0.1) is 0 Å². The van der Waals surface area contributed by atoms with Crippen LogP contribution in [0.5, 0.6) is 0 Å². The van der Waals surface area contributed by atoms with Crippen molar-refractivity contribution in [1.82, 2.24) is 9.55 Å². The third kappa shape index (κ3) is 3.65. The molecule has 2 nitrogen and oxygen atoms in total. The predicted molar refractivity (Wildman–Crippen MR) is 153 cm³/mol. The average molecular weight is 477 g/mol. The van der Waals surface area contributed by atoms with E-state index in [0.717, 1.165) is 12.2 Å². The molecule has 186 valence electrons. The molecule has 0 spiro atoms. The van der Waals surface area contributed by atoms with Crippen molar-refractivity contribution in [2.24, 2.45) is 0 Å². The minimum Gasteiger partial charge on any atom is -0.299 e. The summed E-state index contributed by atoms with van der Waals surface area (Å²) in [6, 6.07) is 20.5. The summed E-state index contributed by atoms with van der Waals surface area (Å²) in [5, 5.41) is 0. The predicted octanol–water partition coefficient (Wildman–Crippen LogP) is 9.61. The Balaban J connectivity index is 1.88. The second-order valence-electron chi connectivity index (χ2n) is 11.6. The molecule has 0 bridgehead atoms. The summed E-state index contributed by atoms with van der Waals surface area (Å²) >= 11 is 0. The van der Waals surface area contributed by atoms with Crippen LogP contribution in [0.3, 0.4) is 0 Å². The number of benzene rings is 3. The van der Waals surface area contributed by atoms with E-state index in [1.165, 1.54) is 50.2 Å². The Morgan fingerprint density at radius 1 is 0.778 bits per heavy atom. The molecule has 5 rings (SSSR count). The van der Waals surface area contributed by atoms with Crippen LogP contribution in [0, 0.1) is 0 Å². The first-order valence-corrected chi connectivity index (χ1v) is 13.6. The lowest BCUT2D eigenvalue weighted by Gasteiger charge is -2.28. The van der Waals surface area contributed by atoms with E-state index in [1.54, 1.807) is 0 Å². The van der Waals surface area contributed by atoms with Gasteiger partial charge in [-0.3, -0.25) is 4.57 Å². The Kier molecular flexibility index (Phi) is 6.19. The molecular weight excluding hydrogens is 436 g/mol. The summed E-state index contributed by atoms with van der Waals surface area (Å²) < 4.78 is 2.39. The number of hydrogen-bond donors (Lipinski definition) is 0. The van der Waals surface area contributed by atoms with Gasteiger partial charge in [0.15, 0.2) is 0 Å². The highest BCUT2D eigenvalue weighted by Crippen LogP contribution is 2.54.